The second kappa shape index (κ2) is 5.80. The van der Waals surface area contributed by atoms with E-state index in [1.165, 1.54) is 12.1 Å². The van der Waals surface area contributed by atoms with E-state index >= 15 is 0 Å². The Morgan fingerprint density at radius 1 is 1.53 bits per heavy atom. The molecule has 17 heavy (non-hydrogen) atoms. The van der Waals surface area contributed by atoms with Crippen molar-refractivity contribution in [3.05, 3.63) is 34.6 Å². The van der Waals surface area contributed by atoms with Gasteiger partial charge in [-0.2, -0.15) is 0 Å². The minimum atomic E-state index is -0.269. The van der Waals surface area contributed by atoms with Crippen LogP contribution in [0.4, 0.5) is 4.39 Å². The van der Waals surface area contributed by atoms with Gasteiger partial charge in [-0.05, 0) is 42.5 Å². The number of benzene rings is 1. The maximum absolute atomic E-state index is 12.9. The lowest BCUT2D eigenvalue weighted by molar-refractivity contribution is 0.199. The molecule has 2 nitrogen and oxygen atoms in total. The molecule has 1 aromatic rings. The fourth-order valence-corrected chi connectivity index (χ4v) is 2.43. The highest BCUT2D eigenvalue weighted by Gasteiger charge is 2.38. The Kier molecular flexibility index (Phi) is 4.37. The van der Waals surface area contributed by atoms with Gasteiger partial charge in [0.2, 0.25) is 0 Å². The highest BCUT2D eigenvalue weighted by atomic mass is 35.5. The molecule has 1 fully saturated rings. The monoisotopic (exact) mass is 257 g/mol. The number of ether oxygens (including phenoxy) is 1. The molecule has 0 radical (unpaired) electrons. The van der Waals surface area contributed by atoms with Crippen LogP contribution in [-0.4, -0.2) is 26.8 Å². The van der Waals surface area contributed by atoms with Crippen molar-refractivity contribution >= 4 is 11.6 Å². The molecule has 0 saturated heterocycles. The Morgan fingerprint density at radius 2 is 2.35 bits per heavy atom. The van der Waals surface area contributed by atoms with Gasteiger partial charge in [0.05, 0.1) is 6.61 Å². The largest absolute Gasteiger partial charge is 0.383 e. The van der Waals surface area contributed by atoms with E-state index in [9.17, 15) is 4.39 Å². The second-order valence-electron chi connectivity index (χ2n) is 4.47. The van der Waals surface area contributed by atoms with Gasteiger partial charge in [-0.25, -0.2) is 4.39 Å². The third-order valence-electron chi connectivity index (χ3n) is 3.17. The van der Waals surface area contributed by atoms with Gasteiger partial charge in [0.1, 0.15) is 5.82 Å². The Labute approximate surface area is 106 Å². The summed E-state index contributed by atoms with van der Waals surface area (Å²) < 4.78 is 17.9. The summed E-state index contributed by atoms with van der Waals surface area (Å²) in [6.07, 6.45) is 1.13. The van der Waals surface area contributed by atoms with Crippen molar-refractivity contribution < 1.29 is 9.13 Å². The molecule has 1 saturated carbocycles. The summed E-state index contributed by atoms with van der Waals surface area (Å²) in [5.41, 5.74) is 1.08. The molecule has 0 amide bonds. The van der Waals surface area contributed by atoms with Crippen molar-refractivity contribution in [1.82, 2.24) is 5.32 Å². The highest BCUT2D eigenvalue weighted by molar-refractivity contribution is 6.31. The standard InChI is InChI=1S/C13H17ClFNO/c1-17-5-4-16-8-9-6-12(9)11-3-2-10(15)7-13(11)14/h2-3,7,9,12,16H,4-6,8H2,1H3. The molecule has 0 spiro atoms. The normalized spacial score (nSPS) is 22.8. The minimum Gasteiger partial charge on any atom is -0.383 e. The van der Waals surface area contributed by atoms with Crippen LogP contribution in [0.2, 0.25) is 5.02 Å². The Balaban J connectivity index is 1.81. The average molecular weight is 258 g/mol. The molecule has 1 aliphatic carbocycles. The molecule has 2 unspecified atom stereocenters. The van der Waals surface area contributed by atoms with Crippen molar-refractivity contribution in [2.75, 3.05) is 26.8 Å². The summed E-state index contributed by atoms with van der Waals surface area (Å²) in [5.74, 6) is 0.835. The maximum Gasteiger partial charge on any atom is 0.124 e. The van der Waals surface area contributed by atoms with Crippen molar-refractivity contribution in [3.8, 4) is 0 Å². The van der Waals surface area contributed by atoms with Crippen LogP contribution in [0, 0.1) is 11.7 Å². The fourth-order valence-electron chi connectivity index (χ4n) is 2.12. The molecular weight excluding hydrogens is 241 g/mol. The van der Waals surface area contributed by atoms with Crippen LogP contribution in [0.1, 0.15) is 17.9 Å². The van der Waals surface area contributed by atoms with E-state index in [2.05, 4.69) is 5.32 Å². The molecule has 94 valence electrons. The van der Waals surface area contributed by atoms with E-state index in [0.717, 1.165) is 31.7 Å². The van der Waals surface area contributed by atoms with Crippen molar-refractivity contribution in [3.63, 3.8) is 0 Å². The van der Waals surface area contributed by atoms with Crippen molar-refractivity contribution in [1.29, 1.82) is 0 Å². The van der Waals surface area contributed by atoms with Gasteiger partial charge in [0.25, 0.3) is 0 Å². The third kappa shape index (κ3) is 3.41. The SMILES string of the molecule is COCCNCC1CC1c1ccc(F)cc1Cl. The summed E-state index contributed by atoms with van der Waals surface area (Å²) in [6, 6.07) is 4.68. The lowest BCUT2D eigenvalue weighted by Crippen LogP contribution is -2.21. The molecule has 1 N–H and O–H groups in total. The molecular formula is C13H17ClFNO. The maximum atomic E-state index is 12.9. The first-order chi connectivity index (χ1) is 8.22. The first-order valence-electron chi connectivity index (χ1n) is 5.87. The first kappa shape index (κ1) is 12.8. The topological polar surface area (TPSA) is 21.3 Å². The predicted octanol–water partition coefficient (Wildman–Crippen LogP) is 2.82. The number of hydrogen-bond acceptors (Lipinski definition) is 2. The zero-order valence-electron chi connectivity index (χ0n) is 9.88. The molecule has 0 heterocycles. The molecule has 0 aromatic heterocycles. The van der Waals surface area contributed by atoms with Crippen molar-refractivity contribution in [2.45, 2.75) is 12.3 Å². The van der Waals surface area contributed by atoms with Crippen LogP contribution in [0.15, 0.2) is 18.2 Å². The van der Waals surface area contributed by atoms with E-state index in [4.69, 9.17) is 16.3 Å². The first-order valence-corrected chi connectivity index (χ1v) is 6.24. The molecule has 0 aliphatic heterocycles. The lowest BCUT2D eigenvalue weighted by atomic mass is 10.1. The van der Waals surface area contributed by atoms with E-state index in [1.54, 1.807) is 13.2 Å². The molecule has 2 atom stereocenters. The molecule has 0 bridgehead atoms. The third-order valence-corrected chi connectivity index (χ3v) is 3.50. The zero-order valence-corrected chi connectivity index (χ0v) is 10.6. The fraction of sp³-hybridized carbons (Fsp3) is 0.538. The number of methoxy groups -OCH3 is 1. The van der Waals surface area contributed by atoms with Gasteiger partial charge >= 0.3 is 0 Å². The van der Waals surface area contributed by atoms with Crippen LogP contribution in [0.25, 0.3) is 0 Å². The molecule has 1 aliphatic rings. The zero-order chi connectivity index (χ0) is 12.3. The molecule has 2 rings (SSSR count). The van der Waals surface area contributed by atoms with Gasteiger partial charge in [-0.3, -0.25) is 0 Å². The lowest BCUT2D eigenvalue weighted by Gasteiger charge is -2.05. The number of hydrogen-bond donors (Lipinski definition) is 1. The van der Waals surface area contributed by atoms with E-state index in [0.29, 0.717) is 16.9 Å². The Morgan fingerprint density at radius 3 is 3.06 bits per heavy atom. The summed E-state index contributed by atoms with van der Waals surface area (Å²) >= 11 is 6.03. The molecule has 4 heteroatoms. The van der Waals surface area contributed by atoms with Gasteiger partial charge in [0, 0.05) is 18.7 Å². The predicted molar refractivity (Wildman–Crippen MR) is 67.0 cm³/mol. The number of nitrogens with one attached hydrogen (secondary N) is 1. The van der Waals surface area contributed by atoms with Crippen LogP contribution in [0.3, 0.4) is 0 Å². The second-order valence-corrected chi connectivity index (χ2v) is 4.87. The Bertz CT molecular complexity index is 386. The van der Waals surface area contributed by atoms with Gasteiger partial charge < -0.3 is 10.1 Å². The average Bonchev–Trinajstić information content (AvgIpc) is 3.04. The Hall–Kier alpha value is -0.640. The molecule has 1 aromatic carbocycles. The van der Waals surface area contributed by atoms with Gasteiger partial charge in [-0.1, -0.05) is 17.7 Å². The van der Waals surface area contributed by atoms with Crippen LogP contribution in [0.5, 0.6) is 0 Å². The number of halogens is 2. The summed E-state index contributed by atoms with van der Waals surface area (Å²) in [5, 5.41) is 3.89. The van der Waals surface area contributed by atoms with Gasteiger partial charge in [0.15, 0.2) is 0 Å². The van der Waals surface area contributed by atoms with E-state index in [1.807, 2.05) is 0 Å². The van der Waals surface area contributed by atoms with Crippen LogP contribution >= 0.6 is 11.6 Å². The van der Waals surface area contributed by atoms with Crippen LogP contribution in [-0.2, 0) is 4.74 Å². The van der Waals surface area contributed by atoms with E-state index < -0.39 is 0 Å². The quantitative estimate of drug-likeness (QED) is 0.792. The van der Waals surface area contributed by atoms with E-state index in [-0.39, 0.29) is 5.82 Å². The van der Waals surface area contributed by atoms with Gasteiger partial charge in [-0.15, -0.1) is 0 Å². The minimum absolute atomic E-state index is 0.269. The van der Waals surface area contributed by atoms with Crippen LogP contribution < -0.4 is 5.32 Å². The summed E-state index contributed by atoms with van der Waals surface area (Å²) in [7, 11) is 1.69. The smallest absolute Gasteiger partial charge is 0.124 e. The number of rotatable bonds is 6. The van der Waals surface area contributed by atoms with Crippen molar-refractivity contribution in [2.24, 2.45) is 5.92 Å². The summed E-state index contributed by atoms with van der Waals surface area (Å²) in [6.45, 7) is 2.58. The highest BCUT2D eigenvalue weighted by Crippen LogP contribution is 2.49. The summed E-state index contributed by atoms with van der Waals surface area (Å²) in [4.78, 5) is 0.